The summed E-state index contributed by atoms with van der Waals surface area (Å²) in [6, 6.07) is 1.17. The third-order valence-corrected chi connectivity index (χ3v) is 2.35. The predicted octanol–water partition coefficient (Wildman–Crippen LogP) is 1.19. The molecule has 0 saturated heterocycles. The van der Waals surface area contributed by atoms with E-state index in [-0.39, 0.29) is 12.2 Å². The van der Waals surface area contributed by atoms with Gasteiger partial charge in [-0.3, -0.25) is 4.79 Å². The Hall–Kier alpha value is -1.65. The summed E-state index contributed by atoms with van der Waals surface area (Å²) >= 11 is 0. The van der Waals surface area contributed by atoms with Crippen LogP contribution in [-0.4, -0.2) is 17.1 Å². The summed E-state index contributed by atoms with van der Waals surface area (Å²) < 4.78 is 17.3. The second kappa shape index (κ2) is 3.18. The quantitative estimate of drug-likeness (QED) is 0.748. The first kappa shape index (κ1) is 9.89. The number of aryl methyl sites for hydroxylation is 1. The van der Waals surface area contributed by atoms with E-state index in [1.54, 1.807) is 0 Å². The standard InChI is InChI=1S/C10H9FO4/c1-4-2-7(12)8(10(14)15-4)9(13)5-3-6(5)11/h2,5-6,12H,3H2,1H3/t5-,6-/m1/s1. The summed E-state index contributed by atoms with van der Waals surface area (Å²) in [5.41, 5.74) is -1.35. The minimum Gasteiger partial charge on any atom is -0.507 e. The van der Waals surface area contributed by atoms with Crippen molar-refractivity contribution in [2.45, 2.75) is 19.5 Å². The maximum Gasteiger partial charge on any atom is 0.350 e. The summed E-state index contributed by atoms with van der Waals surface area (Å²) in [7, 11) is 0. The van der Waals surface area contributed by atoms with Gasteiger partial charge in [0.2, 0.25) is 0 Å². The van der Waals surface area contributed by atoms with E-state index in [4.69, 9.17) is 0 Å². The molecule has 0 radical (unpaired) electrons. The van der Waals surface area contributed by atoms with Crippen LogP contribution in [0.3, 0.4) is 0 Å². The van der Waals surface area contributed by atoms with Gasteiger partial charge in [0, 0.05) is 6.07 Å². The molecule has 1 N–H and O–H groups in total. The molecule has 0 aliphatic heterocycles. The fourth-order valence-electron chi connectivity index (χ4n) is 1.44. The van der Waals surface area contributed by atoms with Crippen LogP contribution in [0.15, 0.2) is 15.3 Å². The Balaban J connectivity index is 2.44. The Morgan fingerprint density at radius 1 is 1.67 bits per heavy atom. The van der Waals surface area contributed by atoms with Gasteiger partial charge in [-0.2, -0.15) is 0 Å². The third kappa shape index (κ3) is 1.65. The molecule has 4 nitrogen and oxygen atoms in total. The van der Waals surface area contributed by atoms with Crippen LogP contribution < -0.4 is 5.63 Å². The van der Waals surface area contributed by atoms with Gasteiger partial charge in [-0.15, -0.1) is 0 Å². The molecular formula is C10H9FO4. The van der Waals surface area contributed by atoms with Crippen LogP contribution in [0.2, 0.25) is 0 Å². The normalized spacial score (nSPS) is 23.9. The maximum absolute atomic E-state index is 12.6. The van der Waals surface area contributed by atoms with Gasteiger partial charge in [0.1, 0.15) is 23.2 Å². The molecule has 0 bridgehead atoms. The summed E-state index contributed by atoms with van der Waals surface area (Å²) in [5, 5.41) is 9.40. The predicted molar refractivity (Wildman–Crippen MR) is 48.7 cm³/mol. The first-order valence-corrected chi connectivity index (χ1v) is 4.52. The van der Waals surface area contributed by atoms with E-state index in [1.807, 2.05) is 0 Å². The minimum absolute atomic E-state index is 0.117. The lowest BCUT2D eigenvalue weighted by Gasteiger charge is -2.01. The molecule has 1 aromatic heterocycles. The number of hydrogen-bond acceptors (Lipinski definition) is 4. The van der Waals surface area contributed by atoms with Crippen LogP contribution in [0.5, 0.6) is 5.75 Å². The van der Waals surface area contributed by atoms with Crippen molar-refractivity contribution in [3.8, 4) is 5.75 Å². The zero-order valence-electron chi connectivity index (χ0n) is 7.99. The molecule has 1 fully saturated rings. The van der Waals surface area contributed by atoms with E-state index < -0.39 is 34.8 Å². The van der Waals surface area contributed by atoms with E-state index in [0.717, 1.165) is 0 Å². The smallest absolute Gasteiger partial charge is 0.350 e. The highest BCUT2D eigenvalue weighted by atomic mass is 19.1. The van der Waals surface area contributed by atoms with Gasteiger partial charge in [0.15, 0.2) is 5.78 Å². The molecule has 2 rings (SSSR count). The van der Waals surface area contributed by atoms with E-state index in [1.165, 1.54) is 13.0 Å². The van der Waals surface area contributed by atoms with Crippen LogP contribution in [-0.2, 0) is 0 Å². The monoisotopic (exact) mass is 212 g/mol. The fourth-order valence-corrected chi connectivity index (χ4v) is 1.44. The molecule has 2 atom stereocenters. The molecule has 1 aliphatic carbocycles. The van der Waals surface area contributed by atoms with Gasteiger partial charge in [0.05, 0.1) is 5.92 Å². The van der Waals surface area contributed by atoms with E-state index in [0.29, 0.717) is 0 Å². The molecule has 0 unspecified atom stereocenters. The molecule has 15 heavy (non-hydrogen) atoms. The zero-order valence-corrected chi connectivity index (χ0v) is 7.99. The molecule has 0 aromatic carbocycles. The summed E-state index contributed by atoms with van der Waals surface area (Å²) in [4.78, 5) is 22.8. The number of carbonyl (C=O) groups is 1. The number of ketones is 1. The Bertz CT molecular complexity index is 477. The molecule has 1 aromatic rings. The highest BCUT2D eigenvalue weighted by molar-refractivity contribution is 6.01. The molecule has 0 amide bonds. The van der Waals surface area contributed by atoms with Crippen LogP contribution in [0, 0.1) is 12.8 Å². The summed E-state index contributed by atoms with van der Waals surface area (Å²) in [5.74, 6) is -1.69. The summed E-state index contributed by atoms with van der Waals surface area (Å²) in [6.45, 7) is 1.48. The first-order chi connectivity index (χ1) is 7.00. The second-order valence-corrected chi connectivity index (χ2v) is 3.63. The van der Waals surface area contributed by atoms with Gasteiger partial charge < -0.3 is 9.52 Å². The fraction of sp³-hybridized carbons (Fsp3) is 0.400. The SMILES string of the molecule is Cc1cc(O)c(C(=O)[C@@H]2C[C@H]2F)c(=O)o1. The number of halogens is 1. The van der Waals surface area contributed by atoms with Gasteiger partial charge in [0.25, 0.3) is 0 Å². The number of aromatic hydroxyl groups is 1. The Morgan fingerprint density at radius 3 is 2.73 bits per heavy atom. The van der Waals surface area contributed by atoms with Crippen molar-refractivity contribution in [2.24, 2.45) is 5.92 Å². The van der Waals surface area contributed by atoms with Crippen molar-refractivity contribution in [1.29, 1.82) is 0 Å². The Kier molecular flexibility index (Phi) is 2.10. The molecule has 0 spiro atoms. The van der Waals surface area contributed by atoms with Crippen LogP contribution in [0.1, 0.15) is 22.5 Å². The van der Waals surface area contributed by atoms with Gasteiger partial charge in [-0.25, -0.2) is 9.18 Å². The zero-order chi connectivity index (χ0) is 11.2. The van der Waals surface area contributed by atoms with E-state index in [9.17, 15) is 19.1 Å². The Labute approximate surface area is 84.3 Å². The number of Topliss-reactive ketones (excluding diaryl/α,β-unsaturated/α-hetero) is 1. The molecular weight excluding hydrogens is 203 g/mol. The minimum atomic E-state index is -1.20. The summed E-state index contributed by atoms with van der Waals surface area (Å²) in [6.07, 6.45) is -1.08. The van der Waals surface area contributed by atoms with Crippen LogP contribution in [0.4, 0.5) is 4.39 Å². The van der Waals surface area contributed by atoms with Crippen molar-refractivity contribution in [3.05, 3.63) is 27.8 Å². The van der Waals surface area contributed by atoms with Crippen LogP contribution >= 0.6 is 0 Å². The molecule has 1 aliphatic rings. The highest BCUT2D eigenvalue weighted by Gasteiger charge is 2.45. The number of alkyl halides is 1. The molecule has 5 heteroatoms. The van der Waals surface area contributed by atoms with Crippen molar-refractivity contribution in [1.82, 2.24) is 0 Å². The topological polar surface area (TPSA) is 67.5 Å². The van der Waals surface area contributed by atoms with E-state index >= 15 is 0 Å². The van der Waals surface area contributed by atoms with Gasteiger partial charge >= 0.3 is 5.63 Å². The van der Waals surface area contributed by atoms with Crippen molar-refractivity contribution in [2.75, 3.05) is 0 Å². The number of hydrogen-bond donors (Lipinski definition) is 1. The largest absolute Gasteiger partial charge is 0.507 e. The van der Waals surface area contributed by atoms with Crippen molar-refractivity contribution in [3.63, 3.8) is 0 Å². The molecule has 1 heterocycles. The third-order valence-electron chi connectivity index (χ3n) is 2.35. The number of rotatable bonds is 2. The lowest BCUT2D eigenvalue weighted by atomic mass is 10.1. The van der Waals surface area contributed by atoms with Crippen molar-refractivity contribution >= 4 is 5.78 Å². The first-order valence-electron chi connectivity index (χ1n) is 4.52. The van der Waals surface area contributed by atoms with Gasteiger partial charge in [-0.05, 0) is 13.3 Å². The average Bonchev–Trinajstić information content (AvgIpc) is 2.80. The second-order valence-electron chi connectivity index (χ2n) is 3.63. The average molecular weight is 212 g/mol. The van der Waals surface area contributed by atoms with Crippen LogP contribution in [0.25, 0.3) is 0 Å². The van der Waals surface area contributed by atoms with Gasteiger partial charge in [-0.1, -0.05) is 0 Å². The molecule has 1 saturated carbocycles. The lowest BCUT2D eigenvalue weighted by molar-refractivity contribution is 0.0950. The molecule has 80 valence electrons. The maximum atomic E-state index is 12.6. The Morgan fingerprint density at radius 2 is 2.27 bits per heavy atom. The highest BCUT2D eigenvalue weighted by Crippen LogP contribution is 2.37. The lowest BCUT2D eigenvalue weighted by Crippen LogP contribution is -2.16. The van der Waals surface area contributed by atoms with E-state index in [2.05, 4.69) is 4.42 Å². The number of carbonyl (C=O) groups excluding carboxylic acids is 1. The van der Waals surface area contributed by atoms with Crippen molar-refractivity contribution < 1.29 is 18.7 Å².